The Hall–Kier alpha value is -1.20. The summed E-state index contributed by atoms with van der Waals surface area (Å²) in [7, 11) is 1.94. The third-order valence-corrected chi connectivity index (χ3v) is 2.95. The maximum absolute atomic E-state index is 4.37. The summed E-state index contributed by atoms with van der Waals surface area (Å²) in [4.78, 5) is 4.37. The van der Waals surface area contributed by atoms with Gasteiger partial charge in [0.05, 0.1) is 11.4 Å². The fourth-order valence-electron chi connectivity index (χ4n) is 1.70. The van der Waals surface area contributed by atoms with Gasteiger partial charge in [-0.3, -0.25) is 4.68 Å². The van der Waals surface area contributed by atoms with E-state index in [0.717, 1.165) is 29.1 Å². The quantitative estimate of drug-likeness (QED) is 0.879. The molecule has 0 saturated carbocycles. The monoisotopic (exact) mass is 294 g/mol. The Morgan fingerprint density at radius 3 is 2.82 bits per heavy atom. The smallest absolute Gasteiger partial charge is 0.106 e. The van der Waals surface area contributed by atoms with Gasteiger partial charge in [-0.25, -0.2) is 4.98 Å². The molecule has 1 N–H and O–H groups in total. The predicted octanol–water partition coefficient (Wildman–Crippen LogP) is 2.18. The van der Waals surface area contributed by atoms with Gasteiger partial charge in [0.25, 0.3) is 0 Å². The largest absolute Gasteiger partial charge is 0.307 e. The number of pyridine rings is 1. The molecule has 0 saturated heterocycles. The topological polar surface area (TPSA) is 42.7 Å². The van der Waals surface area contributed by atoms with Crippen molar-refractivity contribution in [3.8, 4) is 0 Å². The molecule has 17 heavy (non-hydrogen) atoms. The van der Waals surface area contributed by atoms with Crippen LogP contribution in [0.25, 0.3) is 0 Å². The molecule has 0 fully saturated rings. The normalized spacial score (nSPS) is 10.8. The second-order valence-electron chi connectivity index (χ2n) is 3.97. The van der Waals surface area contributed by atoms with Crippen LogP contribution in [0.2, 0.25) is 0 Å². The van der Waals surface area contributed by atoms with E-state index in [1.807, 2.05) is 43.0 Å². The number of hydrogen-bond donors (Lipinski definition) is 1. The average Bonchev–Trinajstić information content (AvgIpc) is 2.58. The Labute approximate surface area is 109 Å². The Bertz CT molecular complexity index is 507. The van der Waals surface area contributed by atoms with Crippen LogP contribution in [-0.2, 0) is 20.1 Å². The third-order valence-electron chi connectivity index (χ3n) is 2.51. The highest BCUT2D eigenvalue weighted by Gasteiger charge is 2.02. The van der Waals surface area contributed by atoms with Gasteiger partial charge in [0.1, 0.15) is 4.60 Å². The summed E-state index contributed by atoms with van der Waals surface area (Å²) in [5.41, 5.74) is 3.32. The summed E-state index contributed by atoms with van der Waals surface area (Å²) in [6, 6.07) is 5.92. The molecule has 2 heterocycles. The van der Waals surface area contributed by atoms with Gasteiger partial charge in [0.2, 0.25) is 0 Å². The van der Waals surface area contributed by atoms with Crippen molar-refractivity contribution < 1.29 is 0 Å². The fraction of sp³-hybridized carbons (Fsp3) is 0.333. The zero-order valence-corrected chi connectivity index (χ0v) is 11.5. The van der Waals surface area contributed by atoms with Gasteiger partial charge >= 0.3 is 0 Å². The van der Waals surface area contributed by atoms with Gasteiger partial charge in [-0.1, -0.05) is 6.07 Å². The lowest BCUT2D eigenvalue weighted by Gasteiger charge is -2.03. The van der Waals surface area contributed by atoms with Crippen molar-refractivity contribution >= 4 is 15.9 Å². The molecule has 0 spiro atoms. The minimum absolute atomic E-state index is 0.758. The van der Waals surface area contributed by atoms with E-state index >= 15 is 0 Å². The standard InChI is InChI=1S/C12H15BrN4/c1-9-10(8-17(2)16-9)6-14-7-11-4-3-5-12(13)15-11/h3-5,8,14H,6-7H2,1-2H3. The molecular formula is C12H15BrN4. The molecule has 0 aliphatic heterocycles. The van der Waals surface area contributed by atoms with Gasteiger partial charge in [-0.15, -0.1) is 0 Å². The summed E-state index contributed by atoms with van der Waals surface area (Å²) in [6.07, 6.45) is 2.04. The number of aryl methyl sites for hydroxylation is 2. The molecule has 2 rings (SSSR count). The summed E-state index contributed by atoms with van der Waals surface area (Å²) >= 11 is 3.36. The van der Waals surface area contributed by atoms with Crippen LogP contribution in [-0.4, -0.2) is 14.8 Å². The van der Waals surface area contributed by atoms with Crippen LogP contribution in [0.15, 0.2) is 29.0 Å². The molecule has 5 heteroatoms. The van der Waals surface area contributed by atoms with E-state index in [1.165, 1.54) is 5.56 Å². The second-order valence-corrected chi connectivity index (χ2v) is 4.78. The molecule has 4 nitrogen and oxygen atoms in total. The molecule has 0 atom stereocenters. The first-order valence-electron chi connectivity index (χ1n) is 5.46. The summed E-state index contributed by atoms with van der Waals surface area (Å²) < 4.78 is 2.71. The average molecular weight is 295 g/mol. The number of hydrogen-bond acceptors (Lipinski definition) is 3. The van der Waals surface area contributed by atoms with Crippen molar-refractivity contribution in [3.63, 3.8) is 0 Å². The SMILES string of the molecule is Cc1nn(C)cc1CNCc1cccc(Br)n1. The van der Waals surface area contributed by atoms with Crippen molar-refractivity contribution in [2.45, 2.75) is 20.0 Å². The van der Waals surface area contributed by atoms with E-state index in [0.29, 0.717) is 0 Å². The summed E-state index contributed by atoms with van der Waals surface area (Å²) in [6.45, 7) is 3.59. The van der Waals surface area contributed by atoms with E-state index in [1.54, 1.807) is 0 Å². The minimum Gasteiger partial charge on any atom is -0.307 e. The van der Waals surface area contributed by atoms with Gasteiger partial charge in [-0.05, 0) is 35.0 Å². The van der Waals surface area contributed by atoms with Crippen LogP contribution in [0.5, 0.6) is 0 Å². The van der Waals surface area contributed by atoms with Crippen molar-refractivity contribution in [2.75, 3.05) is 0 Å². The van der Waals surface area contributed by atoms with Crippen molar-refractivity contribution in [2.24, 2.45) is 7.05 Å². The van der Waals surface area contributed by atoms with Crippen LogP contribution in [0.4, 0.5) is 0 Å². The molecule has 0 radical (unpaired) electrons. The Morgan fingerprint density at radius 1 is 1.35 bits per heavy atom. The molecule has 0 aromatic carbocycles. The molecule has 0 unspecified atom stereocenters. The van der Waals surface area contributed by atoms with Crippen LogP contribution in [0.1, 0.15) is 17.0 Å². The molecule has 2 aromatic heterocycles. The zero-order chi connectivity index (χ0) is 12.3. The number of nitrogens with one attached hydrogen (secondary N) is 1. The Morgan fingerprint density at radius 2 is 2.18 bits per heavy atom. The van der Waals surface area contributed by atoms with E-state index in [9.17, 15) is 0 Å². The van der Waals surface area contributed by atoms with Crippen LogP contribution in [0, 0.1) is 6.92 Å². The highest BCUT2D eigenvalue weighted by atomic mass is 79.9. The zero-order valence-electron chi connectivity index (χ0n) is 9.94. The van der Waals surface area contributed by atoms with Gasteiger partial charge in [-0.2, -0.15) is 5.10 Å². The van der Waals surface area contributed by atoms with Crippen LogP contribution < -0.4 is 5.32 Å². The van der Waals surface area contributed by atoms with Crippen molar-refractivity contribution in [3.05, 3.63) is 46.0 Å². The van der Waals surface area contributed by atoms with E-state index < -0.39 is 0 Å². The minimum atomic E-state index is 0.758. The third kappa shape index (κ3) is 3.38. The van der Waals surface area contributed by atoms with Gasteiger partial charge in [0.15, 0.2) is 0 Å². The molecular weight excluding hydrogens is 280 g/mol. The maximum atomic E-state index is 4.37. The van der Waals surface area contributed by atoms with Gasteiger partial charge < -0.3 is 5.32 Å². The Balaban J connectivity index is 1.89. The van der Waals surface area contributed by atoms with Crippen LogP contribution in [0.3, 0.4) is 0 Å². The Kier molecular flexibility index (Phi) is 3.91. The first-order valence-corrected chi connectivity index (χ1v) is 6.26. The highest BCUT2D eigenvalue weighted by molar-refractivity contribution is 9.10. The predicted molar refractivity (Wildman–Crippen MR) is 70.4 cm³/mol. The number of halogens is 1. The van der Waals surface area contributed by atoms with Crippen molar-refractivity contribution in [1.82, 2.24) is 20.1 Å². The molecule has 90 valence electrons. The molecule has 0 aliphatic rings. The molecule has 2 aromatic rings. The van der Waals surface area contributed by atoms with Crippen molar-refractivity contribution in [1.29, 1.82) is 0 Å². The van der Waals surface area contributed by atoms with E-state index in [4.69, 9.17) is 0 Å². The maximum Gasteiger partial charge on any atom is 0.106 e. The first-order chi connectivity index (χ1) is 8.15. The first kappa shape index (κ1) is 12.3. The lowest BCUT2D eigenvalue weighted by Crippen LogP contribution is -2.13. The van der Waals surface area contributed by atoms with E-state index in [-0.39, 0.29) is 0 Å². The van der Waals surface area contributed by atoms with Gasteiger partial charge in [0, 0.05) is 31.9 Å². The molecule has 0 aliphatic carbocycles. The number of rotatable bonds is 4. The highest BCUT2D eigenvalue weighted by Crippen LogP contribution is 2.07. The lowest BCUT2D eigenvalue weighted by atomic mass is 10.2. The van der Waals surface area contributed by atoms with Crippen LogP contribution >= 0.6 is 15.9 Å². The summed E-state index contributed by atoms with van der Waals surface area (Å²) in [5.74, 6) is 0. The summed E-state index contributed by atoms with van der Waals surface area (Å²) in [5, 5.41) is 7.67. The molecule has 0 bridgehead atoms. The fourth-order valence-corrected chi connectivity index (χ4v) is 2.08. The number of aromatic nitrogens is 3. The van der Waals surface area contributed by atoms with E-state index in [2.05, 4.69) is 31.3 Å². The number of nitrogens with zero attached hydrogens (tertiary/aromatic N) is 3. The lowest BCUT2D eigenvalue weighted by molar-refractivity contribution is 0.676. The second kappa shape index (κ2) is 5.42. The molecule has 0 amide bonds.